The minimum Gasteiger partial charge on any atom is -0.464 e. The second-order valence-electron chi connectivity index (χ2n) is 3.76. The van der Waals surface area contributed by atoms with Gasteiger partial charge >= 0.3 is 0 Å². The summed E-state index contributed by atoms with van der Waals surface area (Å²) in [6, 6.07) is 11.8. The van der Waals surface area contributed by atoms with Crippen molar-refractivity contribution in [1.82, 2.24) is 10.2 Å². The van der Waals surface area contributed by atoms with E-state index >= 15 is 0 Å². The molecule has 0 radical (unpaired) electrons. The lowest BCUT2D eigenvalue weighted by Crippen LogP contribution is -2.01. The molecule has 0 aliphatic carbocycles. The molecule has 4 heteroatoms. The molecule has 0 aliphatic heterocycles. The molecule has 0 fully saturated rings. The van der Waals surface area contributed by atoms with Crippen molar-refractivity contribution < 1.29 is 4.42 Å². The summed E-state index contributed by atoms with van der Waals surface area (Å²) >= 11 is 0. The standard InChI is InChI=1S/C13H11N3O/c1-2-13(16-15-6-1)14-9-10-3-4-12-11(8-10)5-7-17-12/h1-8H,9H2,(H,14,16). The SMILES string of the molecule is c1cnnc(NCc2ccc3occc3c2)c1. The Morgan fingerprint density at radius 1 is 1.18 bits per heavy atom. The predicted octanol–water partition coefficient (Wildman–Crippen LogP) is 2.83. The van der Waals surface area contributed by atoms with Gasteiger partial charge in [0.05, 0.1) is 6.26 Å². The Labute approximate surface area is 98.3 Å². The van der Waals surface area contributed by atoms with E-state index in [1.165, 1.54) is 5.56 Å². The lowest BCUT2D eigenvalue weighted by Gasteiger charge is -2.04. The third kappa shape index (κ3) is 2.10. The van der Waals surface area contributed by atoms with E-state index in [-0.39, 0.29) is 0 Å². The summed E-state index contributed by atoms with van der Waals surface area (Å²) in [5, 5.41) is 12.1. The van der Waals surface area contributed by atoms with Gasteiger partial charge in [-0.25, -0.2) is 0 Å². The fourth-order valence-electron chi connectivity index (χ4n) is 1.71. The Bertz CT molecular complexity index is 619. The smallest absolute Gasteiger partial charge is 0.148 e. The van der Waals surface area contributed by atoms with Crippen molar-refractivity contribution in [3.8, 4) is 0 Å². The average molecular weight is 225 g/mol. The summed E-state index contributed by atoms with van der Waals surface area (Å²) in [7, 11) is 0. The number of anilines is 1. The van der Waals surface area contributed by atoms with Crippen LogP contribution in [0, 0.1) is 0 Å². The van der Waals surface area contributed by atoms with Gasteiger partial charge in [-0.05, 0) is 35.9 Å². The fourth-order valence-corrected chi connectivity index (χ4v) is 1.71. The van der Waals surface area contributed by atoms with E-state index in [4.69, 9.17) is 4.42 Å². The van der Waals surface area contributed by atoms with Crippen LogP contribution in [0.1, 0.15) is 5.56 Å². The highest BCUT2D eigenvalue weighted by Crippen LogP contribution is 2.17. The zero-order chi connectivity index (χ0) is 11.5. The van der Waals surface area contributed by atoms with E-state index in [0.29, 0.717) is 0 Å². The number of fused-ring (bicyclic) bond motifs is 1. The van der Waals surface area contributed by atoms with Gasteiger partial charge in [0.1, 0.15) is 11.4 Å². The third-order valence-electron chi connectivity index (χ3n) is 2.56. The highest BCUT2D eigenvalue weighted by molar-refractivity contribution is 5.77. The molecule has 1 N–H and O–H groups in total. The van der Waals surface area contributed by atoms with Crippen LogP contribution in [0.3, 0.4) is 0 Å². The minimum atomic E-state index is 0.722. The molecule has 0 saturated carbocycles. The molecule has 2 aromatic heterocycles. The van der Waals surface area contributed by atoms with Crippen LogP contribution in [0.5, 0.6) is 0 Å². The maximum Gasteiger partial charge on any atom is 0.148 e. The van der Waals surface area contributed by atoms with Gasteiger partial charge in [0.2, 0.25) is 0 Å². The van der Waals surface area contributed by atoms with Crippen LogP contribution >= 0.6 is 0 Å². The Morgan fingerprint density at radius 2 is 2.18 bits per heavy atom. The molecule has 4 nitrogen and oxygen atoms in total. The molecule has 1 aromatic carbocycles. The van der Waals surface area contributed by atoms with E-state index in [9.17, 15) is 0 Å². The summed E-state index contributed by atoms with van der Waals surface area (Å²) in [5.41, 5.74) is 2.10. The van der Waals surface area contributed by atoms with Gasteiger partial charge in [0.15, 0.2) is 0 Å². The van der Waals surface area contributed by atoms with Gasteiger partial charge in [-0.15, -0.1) is 5.10 Å². The number of hydrogen-bond donors (Lipinski definition) is 1. The second-order valence-corrected chi connectivity index (χ2v) is 3.76. The number of hydrogen-bond acceptors (Lipinski definition) is 4. The van der Waals surface area contributed by atoms with Crippen molar-refractivity contribution in [3.63, 3.8) is 0 Å². The molecule has 84 valence electrons. The van der Waals surface area contributed by atoms with Crippen molar-refractivity contribution in [3.05, 3.63) is 54.4 Å². The van der Waals surface area contributed by atoms with Gasteiger partial charge < -0.3 is 9.73 Å². The lowest BCUT2D eigenvalue weighted by molar-refractivity contribution is 0.616. The topological polar surface area (TPSA) is 51.0 Å². The van der Waals surface area contributed by atoms with Crippen LogP contribution in [-0.4, -0.2) is 10.2 Å². The summed E-state index contributed by atoms with van der Waals surface area (Å²) in [5.74, 6) is 0.778. The van der Waals surface area contributed by atoms with Crippen molar-refractivity contribution in [2.45, 2.75) is 6.54 Å². The Morgan fingerprint density at radius 3 is 3.06 bits per heavy atom. The predicted molar refractivity (Wildman–Crippen MR) is 65.6 cm³/mol. The number of benzene rings is 1. The van der Waals surface area contributed by atoms with Crippen LogP contribution in [-0.2, 0) is 6.54 Å². The number of nitrogens with one attached hydrogen (secondary N) is 1. The molecule has 0 atom stereocenters. The molecule has 0 bridgehead atoms. The van der Waals surface area contributed by atoms with Crippen LogP contribution in [0.4, 0.5) is 5.82 Å². The fraction of sp³-hybridized carbons (Fsp3) is 0.0769. The quantitative estimate of drug-likeness (QED) is 0.744. The summed E-state index contributed by atoms with van der Waals surface area (Å²) < 4.78 is 5.29. The van der Waals surface area contributed by atoms with Gasteiger partial charge in [-0.2, -0.15) is 5.10 Å². The van der Waals surface area contributed by atoms with E-state index in [1.807, 2.05) is 30.3 Å². The zero-order valence-electron chi connectivity index (χ0n) is 9.13. The Balaban J connectivity index is 1.76. The Kier molecular flexibility index (Phi) is 2.46. The molecular formula is C13H11N3O. The van der Waals surface area contributed by atoms with Crippen molar-refractivity contribution in [1.29, 1.82) is 0 Å². The Hall–Kier alpha value is -2.36. The van der Waals surface area contributed by atoms with Crippen LogP contribution in [0.25, 0.3) is 11.0 Å². The monoisotopic (exact) mass is 225 g/mol. The number of aromatic nitrogens is 2. The largest absolute Gasteiger partial charge is 0.464 e. The molecule has 2 heterocycles. The van der Waals surface area contributed by atoms with Crippen molar-refractivity contribution >= 4 is 16.8 Å². The first-order chi connectivity index (χ1) is 8.42. The van der Waals surface area contributed by atoms with Crippen LogP contribution in [0.2, 0.25) is 0 Å². The van der Waals surface area contributed by atoms with E-state index in [1.54, 1.807) is 12.5 Å². The summed E-state index contributed by atoms with van der Waals surface area (Å²) in [6.45, 7) is 0.722. The van der Waals surface area contributed by atoms with E-state index in [0.717, 1.165) is 23.3 Å². The highest BCUT2D eigenvalue weighted by atomic mass is 16.3. The molecule has 0 spiro atoms. The summed E-state index contributed by atoms with van der Waals surface area (Å²) in [4.78, 5) is 0. The third-order valence-corrected chi connectivity index (χ3v) is 2.56. The van der Waals surface area contributed by atoms with E-state index < -0.39 is 0 Å². The zero-order valence-corrected chi connectivity index (χ0v) is 9.13. The molecule has 0 amide bonds. The van der Waals surface area contributed by atoms with Crippen LogP contribution in [0.15, 0.2) is 53.3 Å². The maximum absolute atomic E-state index is 5.29. The first-order valence-electron chi connectivity index (χ1n) is 5.39. The number of rotatable bonds is 3. The number of furan rings is 1. The van der Waals surface area contributed by atoms with Gasteiger partial charge in [-0.3, -0.25) is 0 Å². The molecular weight excluding hydrogens is 214 g/mol. The van der Waals surface area contributed by atoms with Gasteiger partial charge in [-0.1, -0.05) is 6.07 Å². The normalized spacial score (nSPS) is 10.6. The van der Waals surface area contributed by atoms with Crippen molar-refractivity contribution in [2.24, 2.45) is 0 Å². The first kappa shape index (κ1) is 9.84. The minimum absolute atomic E-state index is 0.722. The summed E-state index contributed by atoms with van der Waals surface area (Å²) in [6.07, 6.45) is 3.35. The van der Waals surface area contributed by atoms with Gasteiger partial charge in [0.25, 0.3) is 0 Å². The average Bonchev–Trinajstić information content (AvgIpc) is 2.85. The molecule has 17 heavy (non-hydrogen) atoms. The van der Waals surface area contributed by atoms with Gasteiger partial charge in [0, 0.05) is 18.1 Å². The second kappa shape index (κ2) is 4.25. The van der Waals surface area contributed by atoms with E-state index in [2.05, 4.69) is 21.6 Å². The lowest BCUT2D eigenvalue weighted by atomic mass is 10.1. The highest BCUT2D eigenvalue weighted by Gasteiger charge is 1.99. The number of nitrogens with zero attached hydrogens (tertiary/aromatic N) is 2. The molecule has 3 rings (SSSR count). The molecule has 0 saturated heterocycles. The maximum atomic E-state index is 5.29. The molecule has 0 aliphatic rings. The molecule has 0 unspecified atom stereocenters. The van der Waals surface area contributed by atoms with Crippen molar-refractivity contribution in [2.75, 3.05) is 5.32 Å². The van der Waals surface area contributed by atoms with Crippen LogP contribution < -0.4 is 5.32 Å². The molecule has 3 aromatic rings. The first-order valence-corrected chi connectivity index (χ1v) is 5.39.